The van der Waals surface area contributed by atoms with Crippen molar-refractivity contribution in [2.24, 2.45) is 5.73 Å². The highest BCUT2D eigenvalue weighted by Gasteiger charge is 2.38. The van der Waals surface area contributed by atoms with Gasteiger partial charge in [-0.1, -0.05) is 30.3 Å². The van der Waals surface area contributed by atoms with Crippen molar-refractivity contribution in [3.05, 3.63) is 35.9 Å². The Hall–Kier alpha value is -1.96. The third kappa shape index (κ3) is 6.76. The van der Waals surface area contributed by atoms with Gasteiger partial charge in [-0.15, -0.1) is 0 Å². The number of nitrogens with zero attached hydrogens (tertiary/aromatic N) is 2. The number of nitrogens with one attached hydrogen (secondary N) is 1. The fourth-order valence-electron chi connectivity index (χ4n) is 4.88. The number of carbonyl (C=O) groups excluding carboxylic acids is 2. The number of likely N-dealkylation sites (tertiary alicyclic amines) is 1. The first-order chi connectivity index (χ1) is 15.0. The number of nitrogens with two attached hydrogens (primary N) is 1. The van der Waals surface area contributed by atoms with Gasteiger partial charge >= 0.3 is 0 Å². The lowest BCUT2D eigenvalue weighted by Gasteiger charge is -2.43. The molecule has 2 aliphatic rings. The van der Waals surface area contributed by atoms with Gasteiger partial charge in [0, 0.05) is 51.8 Å². The number of carbonyl (C=O) groups is 2. The second-order valence-corrected chi connectivity index (χ2v) is 8.98. The first kappa shape index (κ1) is 23.7. The molecule has 31 heavy (non-hydrogen) atoms. The summed E-state index contributed by atoms with van der Waals surface area (Å²) in [6.45, 7) is 4.41. The zero-order valence-electron chi connectivity index (χ0n) is 19.0. The zero-order chi connectivity index (χ0) is 22.2. The monoisotopic (exact) mass is 430 g/mol. The van der Waals surface area contributed by atoms with Gasteiger partial charge < -0.3 is 20.7 Å². The van der Waals surface area contributed by atoms with Crippen molar-refractivity contribution in [3.8, 4) is 0 Å². The van der Waals surface area contributed by atoms with E-state index in [4.69, 9.17) is 10.5 Å². The molecule has 3 N–H and O–H groups in total. The van der Waals surface area contributed by atoms with Crippen LogP contribution in [0.2, 0.25) is 0 Å². The fourth-order valence-corrected chi connectivity index (χ4v) is 4.88. The minimum absolute atomic E-state index is 0.0215. The number of rotatable bonds is 8. The number of methoxy groups -OCH3 is 1. The third-order valence-corrected chi connectivity index (χ3v) is 6.73. The summed E-state index contributed by atoms with van der Waals surface area (Å²) in [5, 5.41) is 3.21. The topological polar surface area (TPSA) is 87.9 Å². The molecule has 1 heterocycles. The van der Waals surface area contributed by atoms with E-state index in [1.165, 1.54) is 5.56 Å². The van der Waals surface area contributed by atoms with Gasteiger partial charge in [0.25, 0.3) is 0 Å². The Morgan fingerprint density at radius 3 is 2.52 bits per heavy atom. The first-order valence-electron chi connectivity index (χ1n) is 11.6. The molecule has 172 valence electrons. The lowest BCUT2D eigenvalue weighted by atomic mass is 9.90. The summed E-state index contributed by atoms with van der Waals surface area (Å²) >= 11 is 0. The van der Waals surface area contributed by atoms with Crippen LogP contribution in [-0.2, 0) is 20.9 Å². The van der Waals surface area contributed by atoms with Crippen LogP contribution in [0.25, 0.3) is 0 Å². The van der Waals surface area contributed by atoms with E-state index in [2.05, 4.69) is 34.5 Å². The van der Waals surface area contributed by atoms with E-state index in [0.717, 1.165) is 45.2 Å². The molecule has 1 aliphatic heterocycles. The Morgan fingerprint density at radius 2 is 1.87 bits per heavy atom. The van der Waals surface area contributed by atoms with Crippen LogP contribution in [-0.4, -0.2) is 72.6 Å². The summed E-state index contributed by atoms with van der Waals surface area (Å²) in [5.41, 5.74) is 7.25. The normalized spacial score (nSPS) is 26.6. The van der Waals surface area contributed by atoms with E-state index in [-0.39, 0.29) is 29.9 Å². The van der Waals surface area contributed by atoms with Crippen LogP contribution in [0.5, 0.6) is 0 Å². The number of piperidine rings is 1. The summed E-state index contributed by atoms with van der Waals surface area (Å²) in [6.07, 6.45) is 5.22. The van der Waals surface area contributed by atoms with Crippen molar-refractivity contribution in [3.63, 3.8) is 0 Å². The van der Waals surface area contributed by atoms with Gasteiger partial charge in [-0.2, -0.15) is 0 Å². The van der Waals surface area contributed by atoms with Crippen molar-refractivity contribution in [1.82, 2.24) is 15.1 Å². The number of hydrogen-bond acceptors (Lipinski definition) is 5. The van der Waals surface area contributed by atoms with E-state index >= 15 is 0 Å². The second kappa shape index (κ2) is 11.6. The molecule has 0 bridgehead atoms. The van der Waals surface area contributed by atoms with Gasteiger partial charge in [-0.3, -0.25) is 14.5 Å². The Balaban J connectivity index is 1.69. The molecule has 0 radical (unpaired) electrons. The summed E-state index contributed by atoms with van der Waals surface area (Å²) in [5.74, 6) is -0.0532. The molecule has 2 atom stereocenters. The average molecular weight is 431 g/mol. The standard InChI is InChI=1S/C24H38N4O3/c1-18(29)28-13-12-22(27(14-15-31-2)17-19-6-4-3-5-7-19)16-23(28)24(30)26-21-10-8-20(25)9-11-21/h3-7,20-23H,8-17,25H2,1-2H3,(H,26,30)/t20?,21?,22?,23-/m1/s1. The predicted molar refractivity (Wildman–Crippen MR) is 121 cm³/mol. The van der Waals surface area contributed by atoms with E-state index in [1.807, 2.05) is 6.07 Å². The van der Waals surface area contributed by atoms with Crippen molar-refractivity contribution in [1.29, 1.82) is 0 Å². The van der Waals surface area contributed by atoms with Crippen molar-refractivity contribution >= 4 is 11.8 Å². The molecule has 1 saturated carbocycles. The SMILES string of the molecule is COCCN(Cc1ccccc1)C1CCN(C(C)=O)[C@@H](C(=O)NC2CCC(N)CC2)C1. The maximum Gasteiger partial charge on any atom is 0.243 e. The Morgan fingerprint density at radius 1 is 1.16 bits per heavy atom. The summed E-state index contributed by atoms with van der Waals surface area (Å²) in [6, 6.07) is 10.6. The van der Waals surface area contributed by atoms with Crippen LogP contribution in [0, 0.1) is 0 Å². The molecule has 7 heteroatoms. The van der Waals surface area contributed by atoms with E-state index in [0.29, 0.717) is 19.6 Å². The highest BCUT2D eigenvalue weighted by atomic mass is 16.5. The Labute approximate surface area is 186 Å². The predicted octanol–water partition coefficient (Wildman–Crippen LogP) is 1.90. The molecule has 1 aromatic carbocycles. The van der Waals surface area contributed by atoms with E-state index in [9.17, 15) is 9.59 Å². The third-order valence-electron chi connectivity index (χ3n) is 6.73. The highest BCUT2D eigenvalue weighted by Crippen LogP contribution is 2.25. The number of hydrogen-bond donors (Lipinski definition) is 2. The number of benzene rings is 1. The van der Waals surface area contributed by atoms with Crippen LogP contribution in [0.1, 0.15) is 51.0 Å². The van der Waals surface area contributed by atoms with Gasteiger partial charge in [0.15, 0.2) is 0 Å². The Kier molecular flexibility index (Phi) is 8.87. The van der Waals surface area contributed by atoms with Gasteiger partial charge in [-0.25, -0.2) is 0 Å². The Bertz CT molecular complexity index is 706. The summed E-state index contributed by atoms with van der Waals surface area (Å²) < 4.78 is 5.35. The fraction of sp³-hybridized carbons (Fsp3) is 0.667. The van der Waals surface area contributed by atoms with E-state index in [1.54, 1.807) is 18.9 Å². The molecular formula is C24H38N4O3. The molecule has 7 nitrogen and oxygen atoms in total. The number of ether oxygens (including phenoxy) is 1. The molecule has 1 unspecified atom stereocenters. The molecule has 2 amide bonds. The van der Waals surface area contributed by atoms with Crippen LogP contribution in [0.15, 0.2) is 30.3 Å². The largest absolute Gasteiger partial charge is 0.383 e. The van der Waals surface area contributed by atoms with Crippen LogP contribution in [0.3, 0.4) is 0 Å². The van der Waals surface area contributed by atoms with Crippen molar-refractivity contribution in [2.45, 2.75) is 76.2 Å². The molecule has 1 saturated heterocycles. The summed E-state index contributed by atoms with van der Waals surface area (Å²) in [7, 11) is 1.71. The molecular weight excluding hydrogens is 392 g/mol. The number of amides is 2. The quantitative estimate of drug-likeness (QED) is 0.658. The van der Waals surface area contributed by atoms with Crippen LogP contribution in [0.4, 0.5) is 0 Å². The van der Waals surface area contributed by atoms with Crippen molar-refractivity contribution in [2.75, 3.05) is 26.8 Å². The smallest absolute Gasteiger partial charge is 0.243 e. The van der Waals surface area contributed by atoms with Gasteiger partial charge in [-0.05, 0) is 44.1 Å². The average Bonchev–Trinajstić information content (AvgIpc) is 2.78. The molecule has 3 rings (SSSR count). The lowest BCUT2D eigenvalue weighted by Crippen LogP contribution is -2.58. The minimum atomic E-state index is -0.423. The minimum Gasteiger partial charge on any atom is -0.383 e. The van der Waals surface area contributed by atoms with Crippen LogP contribution < -0.4 is 11.1 Å². The molecule has 0 aromatic heterocycles. The van der Waals surface area contributed by atoms with Crippen LogP contribution >= 0.6 is 0 Å². The van der Waals surface area contributed by atoms with E-state index < -0.39 is 6.04 Å². The molecule has 0 spiro atoms. The summed E-state index contributed by atoms with van der Waals surface area (Å²) in [4.78, 5) is 29.7. The first-order valence-corrected chi connectivity index (χ1v) is 11.6. The van der Waals surface area contributed by atoms with Gasteiger partial charge in [0.05, 0.1) is 6.61 Å². The highest BCUT2D eigenvalue weighted by molar-refractivity contribution is 5.87. The second-order valence-electron chi connectivity index (χ2n) is 8.98. The van der Waals surface area contributed by atoms with Crippen molar-refractivity contribution < 1.29 is 14.3 Å². The zero-order valence-corrected chi connectivity index (χ0v) is 19.0. The van der Waals surface area contributed by atoms with Gasteiger partial charge in [0.2, 0.25) is 11.8 Å². The molecule has 1 aromatic rings. The maximum atomic E-state index is 13.2. The van der Waals surface area contributed by atoms with Gasteiger partial charge in [0.1, 0.15) is 6.04 Å². The molecule has 2 fully saturated rings. The maximum absolute atomic E-state index is 13.2. The molecule has 1 aliphatic carbocycles. The lowest BCUT2D eigenvalue weighted by molar-refractivity contribution is -0.142.